The largest absolute Gasteiger partial charge is 0.347 e. The van der Waals surface area contributed by atoms with E-state index in [1.54, 1.807) is 6.20 Å². The third-order valence-corrected chi connectivity index (χ3v) is 2.77. The summed E-state index contributed by atoms with van der Waals surface area (Å²) in [6, 6.07) is 3.30. The van der Waals surface area contributed by atoms with E-state index in [1.165, 1.54) is 4.68 Å². The van der Waals surface area contributed by atoms with Crippen molar-refractivity contribution < 1.29 is 18.3 Å². The van der Waals surface area contributed by atoms with E-state index in [1.807, 2.05) is 13.8 Å². The van der Waals surface area contributed by atoms with Gasteiger partial charge in [0.25, 0.3) is 0 Å². The number of ether oxygens (including phenoxy) is 2. The first-order valence-corrected chi connectivity index (χ1v) is 6.71. The molecule has 0 aliphatic carbocycles. The third kappa shape index (κ3) is 4.05. The normalized spacial score (nSPS) is 11.3. The highest BCUT2D eigenvalue weighted by Crippen LogP contribution is 2.17. The van der Waals surface area contributed by atoms with Gasteiger partial charge >= 0.3 is 0 Å². The molecule has 0 atom stereocenters. The Labute approximate surface area is 121 Å². The molecule has 1 heterocycles. The average Bonchev–Trinajstić information content (AvgIpc) is 2.91. The van der Waals surface area contributed by atoms with Crippen molar-refractivity contribution >= 4 is 0 Å². The Bertz CT molecular complexity index is 583. The van der Waals surface area contributed by atoms with Crippen molar-refractivity contribution in [2.75, 3.05) is 13.2 Å². The van der Waals surface area contributed by atoms with E-state index in [9.17, 15) is 8.78 Å². The molecule has 0 fully saturated rings. The van der Waals surface area contributed by atoms with Gasteiger partial charge in [-0.25, -0.2) is 13.5 Å². The number of hydrogen-bond acceptors (Lipinski definition) is 4. The maximum atomic E-state index is 13.6. The molecule has 0 aliphatic heterocycles. The molecular formula is C14H17F2N3O2. The van der Waals surface area contributed by atoms with Crippen molar-refractivity contribution in [3.8, 4) is 0 Å². The van der Waals surface area contributed by atoms with Gasteiger partial charge in [0.05, 0.1) is 12.7 Å². The van der Waals surface area contributed by atoms with Crippen LogP contribution in [0.2, 0.25) is 0 Å². The molecule has 2 rings (SSSR count). The molecular weight excluding hydrogens is 280 g/mol. The standard InChI is InChI=1S/C14H17F2N3O2/c1-3-20-14(21-4-2)13-9-19(18-17-13)8-10-7-11(15)5-6-12(10)16/h5-7,9,14H,3-4,8H2,1-2H3. The molecule has 0 radical (unpaired) electrons. The summed E-state index contributed by atoms with van der Waals surface area (Å²) in [4.78, 5) is 0. The minimum absolute atomic E-state index is 0.0849. The summed E-state index contributed by atoms with van der Waals surface area (Å²) >= 11 is 0. The van der Waals surface area contributed by atoms with E-state index in [-0.39, 0.29) is 12.1 Å². The summed E-state index contributed by atoms with van der Waals surface area (Å²) in [7, 11) is 0. The van der Waals surface area contributed by atoms with Gasteiger partial charge in [-0.2, -0.15) is 0 Å². The van der Waals surface area contributed by atoms with E-state index < -0.39 is 17.9 Å². The molecule has 0 amide bonds. The van der Waals surface area contributed by atoms with Crippen LogP contribution in [0.3, 0.4) is 0 Å². The molecule has 0 bridgehead atoms. The molecule has 0 N–H and O–H groups in total. The molecule has 21 heavy (non-hydrogen) atoms. The monoisotopic (exact) mass is 297 g/mol. The summed E-state index contributed by atoms with van der Waals surface area (Å²) < 4.78 is 38.9. The molecule has 7 heteroatoms. The summed E-state index contributed by atoms with van der Waals surface area (Å²) in [6.07, 6.45) is 0.992. The van der Waals surface area contributed by atoms with E-state index >= 15 is 0 Å². The van der Waals surface area contributed by atoms with Gasteiger partial charge in [-0.3, -0.25) is 0 Å². The van der Waals surface area contributed by atoms with Crippen molar-refractivity contribution in [3.05, 3.63) is 47.3 Å². The fourth-order valence-electron chi connectivity index (χ4n) is 1.86. The number of nitrogens with zero attached hydrogens (tertiary/aromatic N) is 3. The third-order valence-electron chi connectivity index (χ3n) is 2.77. The SMILES string of the molecule is CCOC(OCC)c1cn(Cc2cc(F)ccc2F)nn1. The van der Waals surface area contributed by atoms with Gasteiger partial charge < -0.3 is 9.47 Å². The highest BCUT2D eigenvalue weighted by Gasteiger charge is 2.16. The highest BCUT2D eigenvalue weighted by atomic mass is 19.1. The first-order valence-electron chi connectivity index (χ1n) is 6.71. The summed E-state index contributed by atoms with van der Waals surface area (Å²) in [5.41, 5.74) is 0.700. The van der Waals surface area contributed by atoms with Gasteiger partial charge in [0.2, 0.25) is 6.29 Å². The van der Waals surface area contributed by atoms with E-state index in [0.717, 1.165) is 18.2 Å². The van der Waals surface area contributed by atoms with Crippen molar-refractivity contribution in [2.45, 2.75) is 26.7 Å². The van der Waals surface area contributed by atoms with Gasteiger partial charge in [0.15, 0.2) is 0 Å². The van der Waals surface area contributed by atoms with E-state index in [0.29, 0.717) is 18.9 Å². The second-order valence-corrected chi connectivity index (χ2v) is 4.32. The van der Waals surface area contributed by atoms with Crippen LogP contribution in [0.15, 0.2) is 24.4 Å². The Morgan fingerprint density at radius 2 is 1.90 bits per heavy atom. The van der Waals surface area contributed by atoms with Crippen LogP contribution < -0.4 is 0 Å². The second kappa shape index (κ2) is 7.24. The summed E-state index contributed by atoms with van der Waals surface area (Å²) in [6.45, 7) is 4.71. The maximum Gasteiger partial charge on any atom is 0.204 e. The molecule has 0 aliphatic rings. The molecule has 0 unspecified atom stereocenters. The molecule has 0 saturated heterocycles. The zero-order valence-electron chi connectivity index (χ0n) is 11.9. The van der Waals surface area contributed by atoms with Crippen LogP contribution in [0, 0.1) is 11.6 Å². The van der Waals surface area contributed by atoms with Crippen molar-refractivity contribution in [2.24, 2.45) is 0 Å². The molecule has 114 valence electrons. The first kappa shape index (κ1) is 15.5. The maximum absolute atomic E-state index is 13.6. The van der Waals surface area contributed by atoms with Crippen LogP contribution in [0.25, 0.3) is 0 Å². The van der Waals surface area contributed by atoms with E-state index in [4.69, 9.17) is 9.47 Å². The van der Waals surface area contributed by atoms with Gasteiger partial charge in [-0.15, -0.1) is 5.10 Å². The van der Waals surface area contributed by atoms with Crippen LogP contribution in [0.1, 0.15) is 31.4 Å². The second-order valence-electron chi connectivity index (χ2n) is 4.32. The Balaban J connectivity index is 2.13. The number of benzene rings is 1. The molecule has 0 spiro atoms. The van der Waals surface area contributed by atoms with Gasteiger partial charge in [0.1, 0.15) is 17.3 Å². The number of rotatable bonds is 7. The van der Waals surface area contributed by atoms with Gasteiger partial charge in [-0.1, -0.05) is 5.21 Å². The first-order chi connectivity index (χ1) is 10.1. The average molecular weight is 297 g/mol. The lowest BCUT2D eigenvalue weighted by Gasteiger charge is -2.13. The van der Waals surface area contributed by atoms with Gasteiger partial charge in [0, 0.05) is 18.8 Å². The van der Waals surface area contributed by atoms with Crippen LogP contribution in [-0.2, 0) is 16.0 Å². The van der Waals surface area contributed by atoms with Gasteiger partial charge in [-0.05, 0) is 32.0 Å². The molecule has 0 saturated carbocycles. The lowest BCUT2D eigenvalue weighted by Crippen LogP contribution is -2.09. The minimum Gasteiger partial charge on any atom is -0.347 e. The fraction of sp³-hybridized carbons (Fsp3) is 0.429. The predicted molar refractivity (Wildman–Crippen MR) is 71.5 cm³/mol. The Morgan fingerprint density at radius 3 is 2.57 bits per heavy atom. The van der Waals surface area contributed by atoms with Crippen molar-refractivity contribution in [1.29, 1.82) is 0 Å². The van der Waals surface area contributed by atoms with Crippen molar-refractivity contribution in [3.63, 3.8) is 0 Å². The Kier molecular flexibility index (Phi) is 5.35. The van der Waals surface area contributed by atoms with Crippen molar-refractivity contribution in [1.82, 2.24) is 15.0 Å². The smallest absolute Gasteiger partial charge is 0.204 e. The predicted octanol–water partition coefficient (Wildman–Crippen LogP) is 2.68. The zero-order valence-corrected chi connectivity index (χ0v) is 11.9. The quantitative estimate of drug-likeness (QED) is 0.737. The number of halogens is 2. The topological polar surface area (TPSA) is 49.2 Å². The van der Waals surface area contributed by atoms with E-state index in [2.05, 4.69) is 10.3 Å². The highest BCUT2D eigenvalue weighted by molar-refractivity contribution is 5.19. The lowest BCUT2D eigenvalue weighted by molar-refractivity contribution is -0.142. The molecule has 5 nitrogen and oxygen atoms in total. The van der Waals surface area contributed by atoms with Crippen LogP contribution in [-0.4, -0.2) is 28.2 Å². The van der Waals surface area contributed by atoms with Crippen LogP contribution >= 0.6 is 0 Å². The van der Waals surface area contributed by atoms with Crippen LogP contribution in [0.4, 0.5) is 8.78 Å². The zero-order chi connectivity index (χ0) is 15.2. The summed E-state index contributed by atoms with van der Waals surface area (Å²) in [5.74, 6) is -0.979. The molecule has 2 aromatic rings. The lowest BCUT2D eigenvalue weighted by atomic mass is 10.2. The fourth-order valence-corrected chi connectivity index (χ4v) is 1.86. The number of hydrogen-bond donors (Lipinski definition) is 0. The molecule has 1 aromatic carbocycles. The number of aromatic nitrogens is 3. The molecule has 1 aromatic heterocycles. The summed E-state index contributed by atoms with van der Waals surface area (Å²) in [5, 5.41) is 7.83. The van der Waals surface area contributed by atoms with Crippen LogP contribution in [0.5, 0.6) is 0 Å². The Morgan fingerprint density at radius 1 is 1.19 bits per heavy atom. The Hall–Kier alpha value is -1.86. The minimum atomic E-state index is -0.605.